The van der Waals surface area contributed by atoms with Crippen molar-refractivity contribution in [1.29, 1.82) is 0 Å². The predicted molar refractivity (Wildman–Crippen MR) is 158 cm³/mol. The predicted octanol–water partition coefficient (Wildman–Crippen LogP) is 3.17. The first kappa shape index (κ1) is 29.1. The number of hydrogen-bond donors (Lipinski definition) is 0. The molecule has 2 aromatic carbocycles. The number of carbonyl (C=O) groups is 2. The maximum absolute atomic E-state index is 13.9. The molecule has 42 heavy (non-hydrogen) atoms. The van der Waals surface area contributed by atoms with Crippen molar-refractivity contribution in [2.45, 2.75) is 41.1 Å². The van der Waals surface area contributed by atoms with Gasteiger partial charge in [0.05, 0.1) is 30.1 Å². The topological polar surface area (TPSA) is 122 Å². The van der Waals surface area contributed by atoms with Crippen LogP contribution in [0.1, 0.15) is 19.8 Å². The van der Waals surface area contributed by atoms with Crippen molar-refractivity contribution in [3.05, 3.63) is 53.7 Å². The lowest BCUT2D eigenvalue weighted by Gasteiger charge is -2.44. The summed E-state index contributed by atoms with van der Waals surface area (Å²) in [5, 5.41) is 2.74. The number of hydrogen-bond acceptors (Lipinski definition) is 10. The van der Waals surface area contributed by atoms with Gasteiger partial charge in [-0.1, -0.05) is 35.5 Å². The molecule has 3 saturated heterocycles. The van der Waals surface area contributed by atoms with Gasteiger partial charge in [-0.2, -0.15) is 4.31 Å². The van der Waals surface area contributed by atoms with Gasteiger partial charge in [0, 0.05) is 31.2 Å². The average molecular weight is 632 g/mol. The fraction of sp³-hybridized carbons (Fsp3) is 0.429. The largest absolute Gasteiger partial charge is 0.461 e. The molecule has 0 bridgehead atoms. The van der Waals surface area contributed by atoms with E-state index in [4.69, 9.17) is 21.1 Å². The minimum absolute atomic E-state index is 0.0525. The Labute approximate surface area is 253 Å². The van der Waals surface area contributed by atoms with Crippen molar-refractivity contribution < 1.29 is 27.5 Å². The molecule has 0 N–H and O–H groups in total. The number of piperazine rings is 1. The second-order valence-corrected chi connectivity index (χ2v) is 14.0. The van der Waals surface area contributed by atoms with Gasteiger partial charge in [0.2, 0.25) is 15.9 Å². The second kappa shape index (κ2) is 10.9. The highest BCUT2D eigenvalue weighted by atomic mass is 35.5. The number of aromatic nitrogens is 2. The molecule has 0 radical (unpaired) electrons. The third-order valence-electron chi connectivity index (χ3n) is 8.09. The van der Waals surface area contributed by atoms with Crippen LogP contribution < -0.4 is 4.90 Å². The van der Waals surface area contributed by atoms with Crippen molar-refractivity contribution in [1.82, 2.24) is 19.2 Å². The Hall–Kier alpha value is -2.97. The Morgan fingerprint density at radius 2 is 1.86 bits per heavy atom. The third-order valence-corrected chi connectivity index (χ3v) is 10.7. The van der Waals surface area contributed by atoms with Crippen LogP contribution in [0.2, 0.25) is 5.02 Å². The molecule has 11 nitrogen and oxygen atoms in total. The van der Waals surface area contributed by atoms with E-state index in [1.54, 1.807) is 41.4 Å². The lowest BCUT2D eigenvalue weighted by atomic mass is 9.91. The van der Waals surface area contributed by atoms with Crippen LogP contribution in [-0.2, 0) is 29.1 Å². The standard InChI is InChI=1S/C28H30ClN5O6S2/c1-19(35)39-18-28-17-33(42(37,38)23-6-4-20-13-22(29)5-3-21(20)14-23)15-25(36)34(28)16-27(40-28)8-11-32(12-9-27)24-7-10-30-26(31-24)41-2/h3-7,10,13-14H,8-9,11-12,15-18H2,1-2H3. The molecule has 0 saturated carbocycles. The first-order valence-corrected chi connectivity index (χ1v) is 16.5. The first-order valence-electron chi connectivity index (χ1n) is 13.5. The molecular weight excluding hydrogens is 602 g/mol. The number of thioether (sulfide) groups is 1. The lowest BCUT2D eigenvalue weighted by molar-refractivity contribution is -0.200. The minimum Gasteiger partial charge on any atom is -0.461 e. The summed E-state index contributed by atoms with van der Waals surface area (Å²) in [6.45, 7) is 2.03. The Morgan fingerprint density at radius 3 is 2.60 bits per heavy atom. The lowest BCUT2D eigenvalue weighted by Crippen LogP contribution is -2.65. The summed E-state index contributed by atoms with van der Waals surface area (Å²) in [6, 6.07) is 11.8. The molecule has 1 atom stereocenters. The van der Waals surface area contributed by atoms with Crippen LogP contribution in [-0.4, -0.2) is 96.4 Å². The maximum atomic E-state index is 13.9. The molecule has 0 aliphatic carbocycles. The van der Waals surface area contributed by atoms with Crippen molar-refractivity contribution in [2.75, 3.05) is 50.5 Å². The molecule has 14 heteroatoms. The van der Waals surface area contributed by atoms with Crippen LogP contribution in [0, 0.1) is 0 Å². The normalized spacial score (nSPS) is 22.5. The molecule has 3 aliphatic rings. The summed E-state index contributed by atoms with van der Waals surface area (Å²) in [6.07, 6.45) is 4.82. The number of carbonyl (C=O) groups excluding carboxylic acids is 2. The Morgan fingerprint density at radius 1 is 1.12 bits per heavy atom. The summed E-state index contributed by atoms with van der Waals surface area (Å²) >= 11 is 7.56. The van der Waals surface area contributed by atoms with Crippen molar-refractivity contribution in [3.8, 4) is 0 Å². The van der Waals surface area contributed by atoms with Crippen LogP contribution in [0.4, 0.5) is 5.82 Å². The summed E-state index contributed by atoms with van der Waals surface area (Å²) in [4.78, 5) is 38.1. The van der Waals surface area contributed by atoms with E-state index in [1.165, 1.54) is 24.8 Å². The Balaban J connectivity index is 1.27. The molecule has 1 unspecified atom stereocenters. The quantitative estimate of drug-likeness (QED) is 0.228. The number of amides is 1. The van der Waals surface area contributed by atoms with Gasteiger partial charge in [0.15, 0.2) is 10.9 Å². The van der Waals surface area contributed by atoms with Crippen molar-refractivity contribution in [2.24, 2.45) is 0 Å². The molecular formula is C28H30ClN5O6S2. The Kier molecular flexibility index (Phi) is 7.59. The smallest absolute Gasteiger partial charge is 0.302 e. The van der Waals surface area contributed by atoms with E-state index in [-0.39, 0.29) is 31.1 Å². The number of rotatable bonds is 6. The summed E-state index contributed by atoms with van der Waals surface area (Å²) in [5.41, 5.74) is -2.16. The van der Waals surface area contributed by atoms with Crippen LogP contribution in [0.15, 0.2) is 58.7 Å². The van der Waals surface area contributed by atoms with E-state index < -0.39 is 33.2 Å². The highest BCUT2D eigenvalue weighted by molar-refractivity contribution is 7.98. The number of ether oxygens (including phenoxy) is 2. The van der Waals surface area contributed by atoms with Crippen LogP contribution >= 0.6 is 23.4 Å². The van der Waals surface area contributed by atoms with Crippen molar-refractivity contribution in [3.63, 3.8) is 0 Å². The molecule has 1 amide bonds. The van der Waals surface area contributed by atoms with Crippen molar-refractivity contribution >= 4 is 61.9 Å². The molecule has 3 fully saturated rings. The zero-order valence-electron chi connectivity index (χ0n) is 23.2. The molecule has 6 rings (SSSR count). The number of anilines is 1. The number of piperidine rings is 1. The Bertz CT molecular complexity index is 1670. The van der Waals surface area contributed by atoms with Gasteiger partial charge in [0.1, 0.15) is 12.4 Å². The van der Waals surface area contributed by atoms with E-state index in [1.807, 2.05) is 12.3 Å². The highest BCUT2D eigenvalue weighted by Crippen LogP contribution is 2.44. The highest BCUT2D eigenvalue weighted by Gasteiger charge is 2.61. The minimum atomic E-state index is -4.10. The molecule has 4 heterocycles. The average Bonchev–Trinajstić information content (AvgIpc) is 3.30. The fourth-order valence-corrected chi connectivity index (χ4v) is 7.97. The molecule has 1 spiro atoms. The monoisotopic (exact) mass is 631 g/mol. The summed E-state index contributed by atoms with van der Waals surface area (Å²) in [7, 11) is -4.10. The zero-order valence-corrected chi connectivity index (χ0v) is 25.5. The van der Waals surface area contributed by atoms with E-state index in [2.05, 4.69) is 14.9 Å². The number of esters is 1. The third kappa shape index (κ3) is 5.32. The second-order valence-electron chi connectivity index (χ2n) is 10.8. The summed E-state index contributed by atoms with van der Waals surface area (Å²) in [5.74, 6) is -0.123. The molecule has 1 aromatic heterocycles. The number of sulfonamides is 1. The first-order chi connectivity index (χ1) is 20.0. The van der Waals surface area contributed by atoms with Gasteiger partial charge in [-0.3, -0.25) is 9.59 Å². The van der Waals surface area contributed by atoms with E-state index in [0.29, 0.717) is 41.5 Å². The van der Waals surface area contributed by atoms with Gasteiger partial charge >= 0.3 is 5.97 Å². The molecule has 222 valence electrons. The zero-order chi connectivity index (χ0) is 29.7. The maximum Gasteiger partial charge on any atom is 0.302 e. The SMILES string of the molecule is CSc1nccc(N2CCC3(CC2)CN2C(=O)CN(S(=O)(=O)c4ccc5cc(Cl)ccc5c4)CC2(COC(C)=O)O3)n1. The van der Waals surface area contributed by atoms with Gasteiger partial charge in [-0.15, -0.1) is 0 Å². The number of halogens is 1. The van der Waals surface area contributed by atoms with Gasteiger partial charge in [-0.05, 0) is 60.2 Å². The van der Waals surface area contributed by atoms with Gasteiger partial charge in [-0.25, -0.2) is 18.4 Å². The van der Waals surface area contributed by atoms with E-state index in [9.17, 15) is 18.0 Å². The van der Waals surface area contributed by atoms with E-state index >= 15 is 0 Å². The van der Waals surface area contributed by atoms with Gasteiger partial charge in [0.25, 0.3) is 0 Å². The molecule has 3 aromatic rings. The molecule has 3 aliphatic heterocycles. The number of benzene rings is 2. The number of fused-ring (bicyclic) bond motifs is 2. The van der Waals surface area contributed by atoms with Crippen LogP contribution in [0.3, 0.4) is 0 Å². The van der Waals surface area contributed by atoms with E-state index in [0.717, 1.165) is 15.5 Å². The van der Waals surface area contributed by atoms with Gasteiger partial charge < -0.3 is 19.3 Å². The number of nitrogens with zero attached hydrogens (tertiary/aromatic N) is 5. The summed E-state index contributed by atoms with van der Waals surface area (Å²) < 4.78 is 41.0. The fourth-order valence-electron chi connectivity index (χ4n) is 5.97. The van der Waals surface area contributed by atoms with Crippen LogP contribution in [0.25, 0.3) is 10.8 Å². The van der Waals surface area contributed by atoms with Crippen LogP contribution in [0.5, 0.6) is 0 Å².